The van der Waals surface area contributed by atoms with Crippen LogP contribution in [0.5, 0.6) is 11.5 Å². The SMILES string of the molecule is COc1cc(OC)cc([C@@H]2C[C@H](OC(=O)c3cn(C)nc3C)C(=O)N2C)c1. The minimum absolute atomic E-state index is 0.239. The van der Waals surface area contributed by atoms with Crippen LogP contribution in [-0.2, 0) is 16.6 Å². The van der Waals surface area contributed by atoms with Crippen molar-refractivity contribution in [3.63, 3.8) is 0 Å². The maximum atomic E-state index is 12.6. The summed E-state index contributed by atoms with van der Waals surface area (Å²) in [4.78, 5) is 26.7. The Hall–Kier alpha value is -3.03. The minimum Gasteiger partial charge on any atom is -0.497 e. The van der Waals surface area contributed by atoms with Gasteiger partial charge in [-0.15, -0.1) is 0 Å². The topological polar surface area (TPSA) is 82.9 Å². The fourth-order valence-electron chi connectivity index (χ4n) is 3.32. The number of aryl methyl sites for hydroxylation is 2. The monoisotopic (exact) mass is 373 g/mol. The molecule has 0 aliphatic carbocycles. The van der Waals surface area contributed by atoms with Gasteiger partial charge in [-0.3, -0.25) is 9.48 Å². The molecule has 2 atom stereocenters. The number of hydrogen-bond donors (Lipinski definition) is 0. The van der Waals surface area contributed by atoms with E-state index in [1.54, 1.807) is 57.1 Å². The van der Waals surface area contributed by atoms with Gasteiger partial charge in [0, 0.05) is 32.8 Å². The van der Waals surface area contributed by atoms with Crippen LogP contribution < -0.4 is 9.47 Å². The number of ether oxygens (including phenoxy) is 3. The average molecular weight is 373 g/mol. The highest BCUT2D eigenvalue weighted by molar-refractivity contribution is 5.93. The zero-order chi connectivity index (χ0) is 19.7. The van der Waals surface area contributed by atoms with Gasteiger partial charge in [-0.05, 0) is 24.6 Å². The van der Waals surface area contributed by atoms with Crippen molar-refractivity contribution < 1.29 is 23.8 Å². The molecule has 0 bridgehead atoms. The van der Waals surface area contributed by atoms with Gasteiger partial charge in [0.2, 0.25) is 0 Å². The Labute approximate surface area is 157 Å². The molecular formula is C19H23N3O5. The van der Waals surface area contributed by atoms with Crippen molar-refractivity contribution in [3.8, 4) is 11.5 Å². The summed E-state index contributed by atoms with van der Waals surface area (Å²) >= 11 is 0. The van der Waals surface area contributed by atoms with Crippen molar-refractivity contribution in [3.05, 3.63) is 41.2 Å². The molecule has 2 heterocycles. The number of amides is 1. The first kappa shape index (κ1) is 18.8. The Morgan fingerprint density at radius 2 is 1.78 bits per heavy atom. The Bertz CT molecular complexity index is 854. The van der Waals surface area contributed by atoms with E-state index in [1.165, 1.54) is 0 Å². The van der Waals surface area contributed by atoms with Crippen LogP contribution >= 0.6 is 0 Å². The van der Waals surface area contributed by atoms with Gasteiger partial charge in [0.1, 0.15) is 17.1 Å². The Morgan fingerprint density at radius 1 is 1.15 bits per heavy atom. The van der Waals surface area contributed by atoms with E-state index in [1.807, 2.05) is 12.1 Å². The fourth-order valence-corrected chi connectivity index (χ4v) is 3.32. The first-order valence-electron chi connectivity index (χ1n) is 8.55. The smallest absolute Gasteiger partial charge is 0.342 e. The molecule has 1 aliphatic heterocycles. The number of likely N-dealkylation sites (N-methyl/N-ethyl adjacent to an activating group) is 1. The molecule has 2 aromatic rings. The normalized spacial score (nSPS) is 19.3. The lowest BCUT2D eigenvalue weighted by atomic mass is 10.0. The molecule has 8 nitrogen and oxygen atoms in total. The number of aromatic nitrogens is 2. The van der Waals surface area contributed by atoms with E-state index in [0.29, 0.717) is 29.2 Å². The average Bonchev–Trinajstić information content (AvgIpc) is 3.14. The molecule has 8 heteroatoms. The summed E-state index contributed by atoms with van der Waals surface area (Å²) in [5, 5.41) is 4.13. The molecule has 1 aliphatic rings. The van der Waals surface area contributed by atoms with Gasteiger partial charge >= 0.3 is 5.97 Å². The van der Waals surface area contributed by atoms with Crippen LogP contribution in [0.4, 0.5) is 0 Å². The lowest BCUT2D eigenvalue weighted by Gasteiger charge is -2.20. The van der Waals surface area contributed by atoms with Crippen LogP contribution in [0.2, 0.25) is 0 Å². The van der Waals surface area contributed by atoms with Crippen LogP contribution in [-0.4, -0.2) is 53.9 Å². The largest absolute Gasteiger partial charge is 0.497 e. The van der Waals surface area contributed by atoms with Crippen molar-refractivity contribution in [1.29, 1.82) is 0 Å². The van der Waals surface area contributed by atoms with E-state index in [4.69, 9.17) is 14.2 Å². The van der Waals surface area contributed by atoms with Gasteiger partial charge in [-0.2, -0.15) is 5.10 Å². The molecular weight excluding hydrogens is 350 g/mol. The second kappa shape index (κ2) is 7.30. The van der Waals surface area contributed by atoms with Gasteiger partial charge < -0.3 is 19.1 Å². The second-order valence-electron chi connectivity index (χ2n) is 6.54. The number of carbonyl (C=O) groups is 2. The molecule has 3 rings (SSSR count). The van der Waals surface area contributed by atoms with Crippen molar-refractivity contribution in [1.82, 2.24) is 14.7 Å². The first-order valence-corrected chi connectivity index (χ1v) is 8.55. The van der Waals surface area contributed by atoms with Gasteiger partial charge in [-0.1, -0.05) is 0 Å². The highest BCUT2D eigenvalue weighted by Crippen LogP contribution is 2.37. The molecule has 0 unspecified atom stereocenters. The second-order valence-corrected chi connectivity index (χ2v) is 6.54. The summed E-state index contributed by atoms with van der Waals surface area (Å²) in [6.07, 6.45) is 1.10. The van der Waals surface area contributed by atoms with Gasteiger partial charge in [0.25, 0.3) is 5.91 Å². The number of carbonyl (C=O) groups excluding carboxylic acids is 2. The molecule has 144 valence electrons. The van der Waals surface area contributed by atoms with E-state index in [-0.39, 0.29) is 11.9 Å². The van der Waals surface area contributed by atoms with E-state index >= 15 is 0 Å². The number of esters is 1. The summed E-state index contributed by atoms with van der Waals surface area (Å²) in [7, 11) is 6.57. The van der Waals surface area contributed by atoms with Gasteiger partial charge in [-0.25, -0.2) is 4.79 Å². The molecule has 1 saturated heterocycles. The van der Waals surface area contributed by atoms with E-state index in [2.05, 4.69) is 5.10 Å². The zero-order valence-corrected chi connectivity index (χ0v) is 16.1. The molecule has 1 aromatic carbocycles. The number of hydrogen-bond acceptors (Lipinski definition) is 6. The maximum Gasteiger partial charge on any atom is 0.342 e. The third-order valence-corrected chi connectivity index (χ3v) is 4.77. The van der Waals surface area contributed by atoms with Crippen molar-refractivity contribution in [2.45, 2.75) is 25.5 Å². The Kier molecular flexibility index (Phi) is 5.07. The summed E-state index contributed by atoms with van der Waals surface area (Å²) in [5.74, 6) is 0.487. The highest BCUT2D eigenvalue weighted by Gasteiger charge is 2.41. The summed E-state index contributed by atoms with van der Waals surface area (Å²) in [6.45, 7) is 1.73. The van der Waals surface area contributed by atoms with Crippen molar-refractivity contribution >= 4 is 11.9 Å². The molecule has 0 spiro atoms. The standard InChI is InChI=1S/C19H23N3O5/c1-11-15(10-21(2)20-11)19(24)27-17-9-16(22(3)18(17)23)12-6-13(25-4)8-14(7-12)26-5/h6-8,10,16-17H,9H2,1-5H3/t16-,17-/m0/s1. The van der Waals surface area contributed by atoms with E-state index in [0.717, 1.165) is 5.56 Å². The summed E-state index contributed by atoms with van der Waals surface area (Å²) < 4.78 is 17.6. The Balaban J connectivity index is 1.81. The van der Waals surface area contributed by atoms with Gasteiger partial charge in [0.05, 0.1) is 26.0 Å². The number of benzene rings is 1. The number of methoxy groups -OCH3 is 2. The lowest BCUT2D eigenvalue weighted by molar-refractivity contribution is -0.134. The van der Waals surface area contributed by atoms with E-state index in [9.17, 15) is 9.59 Å². The molecule has 0 radical (unpaired) electrons. The molecule has 1 fully saturated rings. The number of likely N-dealkylation sites (tertiary alicyclic amines) is 1. The fraction of sp³-hybridized carbons (Fsp3) is 0.421. The van der Waals surface area contributed by atoms with Crippen LogP contribution in [0.3, 0.4) is 0 Å². The van der Waals surface area contributed by atoms with Gasteiger partial charge in [0.15, 0.2) is 6.10 Å². The third-order valence-electron chi connectivity index (χ3n) is 4.77. The van der Waals surface area contributed by atoms with E-state index < -0.39 is 12.1 Å². The maximum absolute atomic E-state index is 12.6. The number of nitrogens with zero attached hydrogens (tertiary/aromatic N) is 3. The van der Waals surface area contributed by atoms with Crippen molar-refractivity contribution in [2.75, 3.05) is 21.3 Å². The highest BCUT2D eigenvalue weighted by atomic mass is 16.5. The predicted octanol–water partition coefficient (Wildman–Crippen LogP) is 1.87. The summed E-state index contributed by atoms with van der Waals surface area (Å²) in [6, 6.07) is 5.23. The zero-order valence-electron chi connectivity index (χ0n) is 16.1. The van der Waals surface area contributed by atoms with Crippen LogP contribution in [0.25, 0.3) is 0 Å². The molecule has 0 N–H and O–H groups in total. The van der Waals surface area contributed by atoms with Crippen LogP contribution in [0, 0.1) is 6.92 Å². The molecule has 27 heavy (non-hydrogen) atoms. The molecule has 1 aromatic heterocycles. The quantitative estimate of drug-likeness (QED) is 0.744. The third kappa shape index (κ3) is 3.60. The van der Waals surface area contributed by atoms with Crippen molar-refractivity contribution in [2.24, 2.45) is 7.05 Å². The number of rotatable bonds is 5. The summed E-state index contributed by atoms with van der Waals surface area (Å²) in [5.41, 5.74) is 1.79. The minimum atomic E-state index is -0.843. The first-order chi connectivity index (χ1) is 12.8. The molecule has 1 amide bonds. The van der Waals surface area contributed by atoms with Crippen LogP contribution in [0.15, 0.2) is 24.4 Å². The molecule has 0 saturated carbocycles. The Morgan fingerprint density at radius 3 is 2.30 bits per heavy atom. The van der Waals surface area contributed by atoms with Crippen LogP contribution in [0.1, 0.15) is 34.1 Å². The lowest BCUT2D eigenvalue weighted by Crippen LogP contribution is -2.30. The predicted molar refractivity (Wildman–Crippen MR) is 96.8 cm³/mol.